The van der Waals surface area contributed by atoms with E-state index in [4.69, 9.17) is 33.0 Å². The van der Waals surface area contributed by atoms with Crippen LogP contribution in [-0.4, -0.2) is 11.1 Å². The van der Waals surface area contributed by atoms with Crippen LogP contribution in [0.3, 0.4) is 0 Å². The first-order chi connectivity index (χ1) is 11.0. The minimum absolute atomic E-state index is 0.461. The van der Waals surface area contributed by atoms with Gasteiger partial charge < -0.3 is 9.84 Å². The van der Waals surface area contributed by atoms with Crippen molar-refractivity contribution in [1.82, 2.24) is 0 Å². The van der Waals surface area contributed by atoms with Gasteiger partial charge in [-0.3, -0.25) is 0 Å². The van der Waals surface area contributed by atoms with Crippen LogP contribution < -0.4 is 0 Å². The summed E-state index contributed by atoms with van der Waals surface area (Å²) in [5.41, 5.74) is 1.13. The van der Waals surface area contributed by atoms with Gasteiger partial charge in [-0.1, -0.05) is 47.5 Å². The summed E-state index contributed by atoms with van der Waals surface area (Å²) in [7, 11) is 0. The van der Waals surface area contributed by atoms with E-state index >= 15 is 0 Å². The van der Waals surface area contributed by atoms with Gasteiger partial charge in [0.25, 0.3) is 0 Å². The van der Waals surface area contributed by atoms with E-state index in [-0.39, 0.29) is 0 Å². The molecule has 3 rings (SSSR count). The van der Waals surface area contributed by atoms with Gasteiger partial charge in [0.1, 0.15) is 5.76 Å². The molecule has 118 valence electrons. The highest BCUT2D eigenvalue weighted by molar-refractivity contribution is 6.30. The first-order valence-electron chi connectivity index (χ1n) is 7.14. The fourth-order valence-corrected chi connectivity index (χ4v) is 3.13. The number of hydrogen-bond donors (Lipinski definition) is 1. The lowest BCUT2D eigenvalue weighted by molar-refractivity contribution is -0.131. The van der Waals surface area contributed by atoms with Gasteiger partial charge in [0.15, 0.2) is 5.60 Å². The zero-order chi connectivity index (χ0) is 16.4. The van der Waals surface area contributed by atoms with Crippen molar-refractivity contribution in [3.63, 3.8) is 0 Å². The van der Waals surface area contributed by atoms with E-state index in [0.717, 1.165) is 17.2 Å². The van der Waals surface area contributed by atoms with Gasteiger partial charge in [-0.2, -0.15) is 0 Å². The summed E-state index contributed by atoms with van der Waals surface area (Å²) in [5, 5.41) is 10.2. The Balaban J connectivity index is 2.09. The predicted molar refractivity (Wildman–Crippen MR) is 89.7 cm³/mol. The normalized spacial score (nSPS) is 17.9. The third-order valence-electron chi connectivity index (χ3n) is 3.93. The third kappa shape index (κ3) is 3.21. The number of carboxylic acid groups (broad SMARTS) is 1. The zero-order valence-corrected chi connectivity index (χ0v) is 13.6. The molecule has 0 saturated carbocycles. The van der Waals surface area contributed by atoms with E-state index in [1.165, 1.54) is 0 Å². The average molecular weight is 349 g/mol. The van der Waals surface area contributed by atoms with Crippen molar-refractivity contribution < 1.29 is 14.6 Å². The number of carboxylic acids is 1. The first kappa shape index (κ1) is 15.9. The summed E-state index contributed by atoms with van der Waals surface area (Å²) in [6, 6.07) is 14.8. The molecule has 3 nitrogen and oxygen atoms in total. The summed E-state index contributed by atoms with van der Waals surface area (Å²) in [4.78, 5) is 10.9. The summed E-state index contributed by atoms with van der Waals surface area (Å²) >= 11 is 12.0. The van der Waals surface area contributed by atoms with Gasteiger partial charge in [-0.25, -0.2) is 4.79 Å². The lowest BCUT2D eigenvalue weighted by Crippen LogP contribution is -2.26. The van der Waals surface area contributed by atoms with Crippen LogP contribution in [0.2, 0.25) is 10.0 Å². The summed E-state index contributed by atoms with van der Waals surface area (Å²) in [5.74, 6) is -0.551. The number of hydrogen-bond acceptors (Lipinski definition) is 2. The maximum Gasteiger partial charge on any atom is 0.331 e. The van der Waals surface area contributed by atoms with Gasteiger partial charge in [-0.15, -0.1) is 0 Å². The quantitative estimate of drug-likeness (QED) is 0.792. The molecule has 0 aliphatic carbocycles. The molecule has 0 atom stereocenters. The fourth-order valence-electron chi connectivity index (χ4n) is 2.88. The van der Waals surface area contributed by atoms with Crippen LogP contribution in [0.15, 0.2) is 60.4 Å². The van der Waals surface area contributed by atoms with Crippen LogP contribution in [0, 0.1) is 0 Å². The molecule has 1 saturated heterocycles. The number of ether oxygens (including phenoxy) is 1. The smallest absolute Gasteiger partial charge is 0.331 e. The van der Waals surface area contributed by atoms with E-state index in [0.29, 0.717) is 28.6 Å². The second kappa shape index (κ2) is 6.26. The summed E-state index contributed by atoms with van der Waals surface area (Å²) in [6.45, 7) is 0. The minimum Gasteiger partial charge on any atom is -0.482 e. The molecule has 23 heavy (non-hydrogen) atoms. The number of aliphatic carboxylic acids is 1. The average Bonchev–Trinajstić information content (AvgIpc) is 2.93. The monoisotopic (exact) mass is 348 g/mol. The van der Waals surface area contributed by atoms with Crippen molar-refractivity contribution in [3.05, 3.63) is 81.5 Å². The van der Waals surface area contributed by atoms with Crippen LogP contribution in [-0.2, 0) is 15.1 Å². The van der Waals surface area contributed by atoms with Crippen molar-refractivity contribution >= 4 is 29.2 Å². The third-order valence-corrected chi connectivity index (χ3v) is 4.44. The molecule has 2 aromatic carbocycles. The molecule has 0 unspecified atom stereocenters. The number of benzene rings is 2. The summed E-state index contributed by atoms with van der Waals surface area (Å²) < 4.78 is 6.11. The number of carbonyl (C=O) groups is 1. The van der Waals surface area contributed by atoms with Crippen molar-refractivity contribution in [2.24, 2.45) is 0 Å². The highest BCUT2D eigenvalue weighted by Gasteiger charge is 2.42. The van der Waals surface area contributed by atoms with Crippen LogP contribution in [0.25, 0.3) is 0 Å². The van der Waals surface area contributed by atoms with Gasteiger partial charge in [-0.05, 0) is 24.3 Å². The molecule has 1 aliphatic heterocycles. The Hall–Kier alpha value is -1.97. The van der Waals surface area contributed by atoms with E-state index in [9.17, 15) is 4.79 Å². The maximum atomic E-state index is 10.9. The second-order valence-corrected chi connectivity index (χ2v) is 6.26. The molecule has 5 heteroatoms. The maximum absolute atomic E-state index is 10.9. The summed E-state index contributed by atoms with van der Waals surface area (Å²) in [6.07, 6.45) is 2.32. The largest absolute Gasteiger partial charge is 0.482 e. The first-order valence-corrected chi connectivity index (χ1v) is 7.90. The van der Waals surface area contributed by atoms with E-state index in [1.807, 2.05) is 24.3 Å². The molecule has 0 aromatic heterocycles. The molecule has 1 heterocycles. The molecule has 0 spiro atoms. The molecule has 0 bridgehead atoms. The Morgan fingerprint density at radius 2 is 1.48 bits per heavy atom. The van der Waals surface area contributed by atoms with Crippen LogP contribution in [0.5, 0.6) is 0 Å². The van der Waals surface area contributed by atoms with Gasteiger partial charge >= 0.3 is 5.97 Å². The van der Waals surface area contributed by atoms with Crippen LogP contribution in [0.4, 0.5) is 0 Å². The van der Waals surface area contributed by atoms with Crippen molar-refractivity contribution in [2.45, 2.75) is 18.4 Å². The number of halogens is 2. The highest BCUT2D eigenvalue weighted by atomic mass is 35.5. The molecule has 0 amide bonds. The predicted octanol–water partition coefficient (Wildman–Crippen LogP) is 5.02. The number of allylic oxidation sites excluding steroid dienone is 1. The fraction of sp³-hybridized carbons (Fsp3) is 0.167. The minimum atomic E-state index is -1.01. The van der Waals surface area contributed by atoms with Gasteiger partial charge in [0.2, 0.25) is 0 Å². The van der Waals surface area contributed by atoms with Crippen LogP contribution >= 0.6 is 23.2 Å². The lowest BCUT2D eigenvalue weighted by Gasteiger charge is -2.30. The molecule has 2 aromatic rings. The Kier molecular flexibility index (Phi) is 4.33. The number of rotatable bonds is 3. The lowest BCUT2D eigenvalue weighted by atomic mass is 9.84. The molecular formula is C18H14Cl2O3. The second-order valence-electron chi connectivity index (χ2n) is 5.39. The Morgan fingerprint density at radius 3 is 1.91 bits per heavy atom. The molecule has 0 radical (unpaired) electrons. The highest BCUT2D eigenvalue weighted by Crippen LogP contribution is 2.46. The van der Waals surface area contributed by atoms with Crippen molar-refractivity contribution in [1.29, 1.82) is 0 Å². The Bertz CT molecular complexity index is 703. The van der Waals surface area contributed by atoms with E-state index in [1.54, 1.807) is 24.3 Å². The topological polar surface area (TPSA) is 46.5 Å². The van der Waals surface area contributed by atoms with E-state index < -0.39 is 11.6 Å². The molecular weight excluding hydrogens is 335 g/mol. The van der Waals surface area contributed by atoms with Crippen molar-refractivity contribution in [2.75, 3.05) is 0 Å². The van der Waals surface area contributed by atoms with Crippen LogP contribution in [0.1, 0.15) is 24.0 Å². The van der Waals surface area contributed by atoms with E-state index in [2.05, 4.69) is 0 Å². The Morgan fingerprint density at radius 1 is 1.00 bits per heavy atom. The standard InChI is InChI=1S/C18H14Cl2O3/c19-14-5-1-12(2-6-14)18(13-3-7-15(20)8-4-13)10-9-16(23-18)11-17(21)22/h1-8,11H,9-10H2,(H,21,22)/b16-11+. The van der Waals surface area contributed by atoms with Gasteiger partial charge in [0.05, 0.1) is 6.08 Å². The van der Waals surface area contributed by atoms with Gasteiger partial charge in [0, 0.05) is 34.0 Å². The SMILES string of the molecule is O=C(O)/C=C1\CCC(c2ccc(Cl)cc2)(c2ccc(Cl)cc2)O1. The molecule has 1 N–H and O–H groups in total. The zero-order valence-electron chi connectivity index (χ0n) is 12.1. The Labute approximate surface area is 144 Å². The molecule has 1 fully saturated rings. The molecule has 1 aliphatic rings. The van der Waals surface area contributed by atoms with Crippen molar-refractivity contribution in [3.8, 4) is 0 Å².